The molecule has 236 valence electrons. The number of fused-ring (bicyclic) bond motifs is 14. The lowest BCUT2D eigenvalue weighted by Crippen LogP contribution is -2.03. The molecule has 5 nitrogen and oxygen atoms in total. The van der Waals surface area contributed by atoms with Crippen LogP contribution in [-0.4, -0.2) is 19.1 Å². The van der Waals surface area contributed by atoms with Gasteiger partial charge in [-0.1, -0.05) is 121 Å². The Labute approximate surface area is 291 Å². The third-order valence-corrected chi connectivity index (χ3v) is 10.7. The van der Waals surface area contributed by atoms with E-state index in [-0.39, 0.29) is 0 Å². The van der Waals surface area contributed by atoms with Crippen LogP contribution in [0.25, 0.3) is 111 Å². The second-order valence-corrected chi connectivity index (χ2v) is 13.4. The van der Waals surface area contributed by atoms with Gasteiger partial charge in [-0.2, -0.15) is 0 Å². The highest BCUT2D eigenvalue weighted by molar-refractivity contribution is 6.22. The maximum absolute atomic E-state index is 6.45. The zero-order valence-electron chi connectivity index (χ0n) is 27.2. The average molecular weight is 651 g/mol. The van der Waals surface area contributed by atoms with E-state index < -0.39 is 0 Å². The number of nitrogens with zero attached hydrogens (tertiary/aromatic N) is 4. The van der Waals surface area contributed by atoms with Crippen LogP contribution in [-0.2, 0) is 0 Å². The molecule has 4 aromatic heterocycles. The van der Waals surface area contributed by atoms with Gasteiger partial charge in [0.2, 0.25) is 5.95 Å². The van der Waals surface area contributed by atoms with Crippen molar-refractivity contribution in [3.8, 4) is 45.1 Å². The first kappa shape index (κ1) is 26.9. The smallest absolute Gasteiger partial charge is 0.236 e. The molecule has 12 rings (SSSR count). The van der Waals surface area contributed by atoms with Crippen LogP contribution in [0.5, 0.6) is 0 Å². The number of aromatic nitrogens is 4. The SMILES string of the molecule is c1ccc(-c2nc(-n3c4ccccc4c4cc5c(cc43)c3cccc4c3n5-c3ccccc3-c3ccccc3-4)nc3c2oc2ccccc23)cc1. The summed E-state index contributed by atoms with van der Waals surface area (Å²) < 4.78 is 11.2. The van der Waals surface area contributed by atoms with Crippen LogP contribution in [0, 0.1) is 0 Å². The zero-order chi connectivity index (χ0) is 33.2. The topological polar surface area (TPSA) is 48.8 Å². The third kappa shape index (κ3) is 3.54. The molecule has 0 unspecified atom stereocenters. The van der Waals surface area contributed by atoms with E-state index in [4.69, 9.17) is 14.4 Å². The number of furan rings is 1. The van der Waals surface area contributed by atoms with Gasteiger partial charge in [0.15, 0.2) is 5.58 Å². The van der Waals surface area contributed by atoms with Gasteiger partial charge in [0.05, 0.1) is 27.8 Å². The first-order valence-electron chi connectivity index (χ1n) is 17.3. The highest BCUT2D eigenvalue weighted by Crippen LogP contribution is 2.48. The van der Waals surface area contributed by atoms with Crippen LogP contribution >= 0.6 is 0 Å². The number of benzene rings is 7. The Hall–Kier alpha value is -6.98. The van der Waals surface area contributed by atoms with Crippen molar-refractivity contribution < 1.29 is 4.42 Å². The fraction of sp³-hybridized carbons (Fsp3) is 0. The largest absolute Gasteiger partial charge is 0.452 e. The van der Waals surface area contributed by atoms with E-state index in [1.54, 1.807) is 0 Å². The summed E-state index contributed by atoms with van der Waals surface area (Å²) in [6, 6.07) is 56.0. The molecule has 0 saturated heterocycles. The van der Waals surface area contributed by atoms with Crippen molar-refractivity contribution >= 4 is 65.7 Å². The van der Waals surface area contributed by atoms with Crippen molar-refractivity contribution in [2.75, 3.05) is 0 Å². The molecule has 0 amide bonds. The standard InChI is InChI=1S/C46H26N4O/c1-2-13-27(14-3-1)42-45-43(34-19-8-11-24-41(34)51-45)48-46(47-42)50-38-23-10-7-18-31(38)35-25-39-36(26-40(35)50)33-21-12-20-32-29-16-5-4-15-28(29)30-17-6-9-22-37(30)49(39)44(32)33/h1-26H. The van der Waals surface area contributed by atoms with Crippen LogP contribution in [0.15, 0.2) is 162 Å². The summed E-state index contributed by atoms with van der Waals surface area (Å²) in [5.41, 5.74) is 14.7. The minimum absolute atomic E-state index is 0.614. The summed E-state index contributed by atoms with van der Waals surface area (Å²) in [7, 11) is 0. The summed E-state index contributed by atoms with van der Waals surface area (Å²) in [5.74, 6) is 0.614. The second kappa shape index (κ2) is 9.80. The molecular formula is C46H26N4O. The van der Waals surface area contributed by atoms with E-state index in [0.717, 1.165) is 49.5 Å². The molecule has 0 atom stereocenters. The monoisotopic (exact) mass is 650 g/mol. The molecule has 0 N–H and O–H groups in total. The molecule has 5 heterocycles. The second-order valence-electron chi connectivity index (χ2n) is 13.4. The molecule has 0 fully saturated rings. The van der Waals surface area contributed by atoms with Crippen molar-refractivity contribution in [1.82, 2.24) is 19.1 Å². The van der Waals surface area contributed by atoms with E-state index in [1.165, 1.54) is 49.7 Å². The minimum atomic E-state index is 0.614. The fourth-order valence-electron chi connectivity index (χ4n) is 8.53. The molecule has 0 bridgehead atoms. The number of hydrogen-bond donors (Lipinski definition) is 0. The van der Waals surface area contributed by atoms with Gasteiger partial charge in [-0.25, -0.2) is 9.97 Å². The van der Waals surface area contributed by atoms with Crippen LogP contribution < -0.4 is 0 Å². The molecule has 11 aromatic rings. The Morgan fingerprint density at radius 3 is 1.92 bits per heavy atom. The summed E-state index contributed by atoms with van der Waals surface area (Å²) >= 11 is 0. The minimum Gasteiger partial charge on any atom is -0.452 e. The molecule has 7 aromatic carbocycles. The van der Waals surface area contributed by atoms with Gasteiger partial charge >= 0.3 is 0 Å². The molecule has 0 saturated carbocycles. The maximum atomic E-state index is 6.45. The van der Waals surface area contributed by atoms with E-state index in [1.807, 2.05) is 36.4 Å². The lowest BCUT2D eigenvalue weighted by atomic mass is 9.94. The summed E-state index contributed by atoms with van der Waals surface area (Å²) in [6.07, 6.45) is 0. The highest BCUT2D eigenvalue weighted by atomic mass is 16.3. The summed E-state index contributed by atoms with van der Waals surface area (Å²) in [4.78, 5) is 10.6. The highest BCUT2D eigenvalue weighted by Gasteiger charge is 2.26. The van der Waals surface area contributed by atoms with Gasteiger partial charge in [0, 0.05) is 43.6 Å². The molecule has 1 aliphatic heterocycles. The van der Waals surface area contributed by atoms with Crippen LogP contribution in [0.3, 0.4) is 0 Å². The summed E-state index contributed by atoms with van der Waals surface area (Å²) in [5, 5.41) is 5.69. The predicted octanol–water partition coefficient (Wildman–Crippen LogP) is 11.9. The van der Waals surface area contributed by atoms with Gasteiger partial charge in [-0.05, 0) is 47.5 Å². The average Bonchev–Trinajstić information content (AvgIpc) is 3.81. The molecule has 0 aliphatic carbocycles. The normalized spacial score (nSPS) is 12.3. The van der Waals surface area contributed by atoms with Crippen molar-refractivity contribution in [2.45, 2.75) is 0 Å². The molecule has 51 heavy (non-hydrogen) atoms. The third-order valence-electron chi connectivity index (χ3n) is 10.7. The van der Waals surface area contributed by atoms with Crippen LogP contribution in [0.4, 0.5) is 0 Å². The lowest BCUT2D eigenvalue weighted by molar-refractivity contribution is 0.666. The van der Waals surface area contributed by atoms with Crippen LogP contribution in [0.2, 0.25) is 0 Å². The van der Waals surface area contributed by atoms with Crippen molar-refractivity contribution in [1.29, 1.82) is 0 Å². The van der Waals surface area contributed by atoms with Crippen molar-refractivity contribution in [2.24, 2.45) is 0 Å². The van der Waals surface area contributed by atoms with Gasteiger partial charge < -0.3 is 8.98 Å². The first-order valence-corrected chi connectivity index (χ1v) is 17.3. The fourth-order valence-corrected chi connectivity index (χ4v) is 8.53. The summed E-state index contributed by atoms with van der Waals surface area (Å²) in [6.45, 7) is 0. The molecule has 0 spiro atoms. The molecule has 5 heteroatoms. The molecular weight excluding hydrogens is 625 g/mol. The van der Waals surface area contributed by atoms with E-state index in [2.05, 4.69) is 130 Å². The number of hydrogen-bond acceptors (Lipinski definition) is 3. The quantitative estimate of drug-likeness (QED) is 0.187. The van der Waals surface area contributed by atoms with Crippen LogP contribution in [0.1, 0.15) is 0 Å². The number of para-hydroxylation sites is 4. The van der Waals surface area contributed by atoms with Gasteiger partial charge in [-0.15, -0.1) is 0 Å². The first-order chi connectivity index (χ1) is 25.3. The Bertz CT molecular complexity index is 3250. The molecule has 0 radical (unpaired) electrons. The van der Waals surface area contributed by atoms with Gasteiger partial charge in [-0.3, -0.25) is 4.57 Å². The van der Waals surface area contributed by atoms with E-state index >= 15 is 0 Å². The number of rotatable bonds is 2. The van der Waals surface area contributed by atoms with Gasteiger partial charge in [0.1, 0.15) is 16.8 Å². The van der Waals surface area contributed by atoms with Crippen molar-refractivity contribution in [3.63, 3.8) is 0 Å². The van der Waals surface area contributed by atoms with E-state index in [9.17, 15) is 0 Å². The Morgan fingerprint density at radius 1 is 0.431 bits per heavy atom. The Balaban J connectivity index is 1.24. The van der Waals surface area contributed by atoms with E-state index in [0.29, 0.717) is 11.5 Å². The lowest BCUT2D eigenvalue weighted by Gasteiger charge is -2.12. The predicted molar refractivity (Wildman–Crippen MR) is 208 cm³/mol. The zero-order valence-corrected chi connectivity index (χ0v) is 27.2. The van der Waals surface area contributed by atoms with Gasteiger partial charge in [0.25, 0.3) is 0 Å². The Morgan fingerprint density at radius 2 is 1.06 bits per heavy atom. The van der Waals surface area contributed by atoms with Crippen molar-refractivity contribution in [3.05, 3.63) is 158 Å². The Kier molecular flexibility index (Phi) is 5.17. The molecule has 1 aliphatic rings. The maximum Gasteiger partial charge on any atom is 0.236 e.